The Morgan fingerprint density at radius 1 is 1.11 bits per heavy atom. The Morgan fingerprint density at radius 2 is 1.83 bits per heavy atom. The number of allylic oxidation sites excluding steroid dienone is 2. The molecule has 4 rings (SSSR count). The van der Waals surface area contributed by atoms with Gasteiger partial charge in [0.25, 0.3) is 6.43 Å². The summed E-state index contributed by atoms with van der Waals surface area (Å²) in [5.74, 6) is -1.58. The van der Waals surface area contributed by atoms with Crippen LogP contribution in [0.3, 0.4) is 0 Å². The molecule has 1 aliphatic rings. The number of alkyl halides is 5. The van der Waals surface area contributed by atoms with Gasteiger partial charge in [0.05, 0.1) is 12.0 Å². The Balaban J connectivity index is 1.64. The second-order valence-electron chi connectivity index (χ2n) is 7.86. The van der Waals surface area contributed by atoms with Crippen molar-refractivity contribution in [2.75, 3.05) is 17.2 Å². The van der Waals surface area contributed by atoms with Gasteiger partial charge in [0.1, 0.15) is 5.52 Å². The Morgan fingerprint density at radius 3 is 2.51 bits per heavy atom. The molecule has 0 spiro atoms. The number of imidazole rings is 1. The smallest absolute Gasteiger partial charge is 0.397 e. The summed E-state index contributed by atoms with van der Waals surface area (Å²) in [5, 5.41) is 5.99. The first-order valence-electron chi connectivity index (χ1n) is 10.6. The summed E-state index contributed by atoms with van der Waals surface area (Å²) in [6.45, 7) is -0.645. The number of rotatable bonds is 8. The molecule has 3 aromatic rings. The van der Waals surface area contributed by atoms with Gasteiger partial charge >= 0.3 is 6.18 Å². The maximum atomic E-state index is 13.4. The largest absolute Gasteiger partial charge is 0.471 e. The van der Waals surface area contributed by atoms with Crippen LogP contribution >= 0.6 is 15.9 Å². The minimum absolute atomic E-state index is 0.00868. The highest BCUT2D eigenvalue weighted by atomic mass is 79.9. The van der Waals surface area contributed by atoms with Crippen LogP contribution in [0.5, 0.6) is 5.88 Å². The van der Waals surface area contributed by atoms with Gasteiger partial charge in [0, 0.05) is 29.3 Å². The first-order chi connectivity index (χ1) is 16.6. The minimum atomic E-state index is -4.44. The van der Waals surface area contributed by atoms with Gasteiger partial charge in [0.15, 0.2) is 12.3 Å². The van der Waals surface area contributed by atoms with E-state index in [0.717, 1.165) is 16.2 Å². The molecule has 2 N–H and O–H groups in total. The highest BCUT2D eigenvalue weighted by molar-refractivity contribution is 9.10. The number of pyridine rings is 1. The molecule has 1 aromatic carbocycles. The maximum absolute atomic E-state index is 13.4. The Hall–Kier alpha value is -3.15. The third-order valence-corrected chi connectivity index (χ3v) is 5.89. The van der Waals surface area contributed by atoms with E-state index >= 15 is 0 Å². The van der Waals surface area contributed by atoms with Gasteiger partial charge in [-0.25, -0.2) is 13.8 Å². The zero-order chi connectivity index (χ0) is 25.2. The highest BCUT2D eigenvalue weighted by Crippen LogP contribution is 2.34. The van der Waals surface area contributed by atoms with Crippen molar-refractivity contribution in [1.82, 2.24) is 14.5 Å². The van der Waals surface area contributed by atoms with E-state index in [1.165, 1.54) is 22.8 Å². The number of aryl methyl sites for hydroxylation is 1. The van der Waals surface area contributed by atoms with Gasteiger partial charge in [-0.15, -0.1) is 0 Å². The number of nitrogens with zero attached hydrogens (tertiary/aromatic N) is 3. The second kappa shape index (κ2) is 10.2. The number of ether oxygens (including phenoxy) is 1. The van der Waals surface area contributed by atoms with Crippen molar-refractivity contribution >= 4 is 38.7 Å². The summed E-state index contributed by atoms with van der Waals surface area (Å²) >= 11 is 3.36. The highest BCUT2D eigenvalue weighted by Gasteiger charge is 2.43. The fraction of sp³-hybridized carbons (Fsp3) is 0.304. The van der Waals surface area contributed by atoms with Crippen molar-refractivity contribution in [1.29, 1.82) is 0 Å². The number of nitrogens with one attached hydrogen (secondary N) is 2. The van der Waals surface area contributed by atoms with Crippen molar-refractivity contribution in [3.63, 3.8) is 0 Å². The van der Waals surface area contributed by atoms with Gasteiger partial charge in [-0.05, 0) is 30.3 Å². The monoisotopic (exact) mass is 557 g/mol. The molecule has 0 bridgehead atoms. The van der Waals surface area contributed by atoms with E-state index in [9.17, 15) is 22.0 Å². The number of hydrogen-bond donors (Lipinski definition) is 2. The summed E-state index contributed by atoms with van der Waals surface area (Å²) in [4.78, 5) is 8.77. The third kappa shape index (κ3) is 5.92. The lowest BCUT2D eigenvalue weighted by Gasteiger charge is -2.27. The van der Waals surface area contributed by atoms with Crippen LogP contribution in [-0.4, -0.2) is 39.8 Å². The average Bonchev–Trinajstić information content (AvgIpc) is 3.10. The fourth-order valence-corrected chi connectivity index (χ4v) is 3.89. The van der Waals surface area contributed by atoms with Crippen LogP contribution in [0.2, 0.25) is 0 Å². The predicted octanol–water partition coefficient (Wildman–Crippen LogP) is 6.07. The van der Waals surface area contributed by atoms with Gasteiger partial charge in [0.2, 0.25) is 11.8 Å². The molecule has 186 valence electrons. The molecule has 0 saturated carbocycles. The summed E-state index contributed by atoms with van der Waals surface area (Å²) in [7, 11) is 1.58. The number of aromatic nitrogens is 3. The molecular formula is C23H21BrF5N5O. The van der Waals surface area contributed by atoms with Gasteiger partial charge in [-0.3, -0.25) is 4.57 Å². The molecule has 1 aliphatic carbocycles. The van der Waals surface area contributed by atoms with Crippen LogP contribution < -0.4 is 15.4 Å². The van der Waals surface area contributed by atoms with Crippen LogP contribution in [0, 0.1) is 5.92 Å². The fourth-order valence-electron chi connectivity index (χ4n) is 3.63. The van der Waals surface area contributed by atoms with Crippen LogP contribution in [-0.2, 0) is 13.6 Å². The molecule has 35 heavy (non-hydrogen) atoms. The van der Waals surface area contributed by atoms with Gasteiger partial charge < -0.3 is 15.4 Å². The van der Waals surface area contributed by atoms with E-state index in [-0.39, 0.29) is 24.0 Å². The molecule has 2 heterocycles. The molecule has 2 unspecified atom stereocenters. The summed E-state index contributed by atoms with van der Waals surface area (Å²) in [6.07, 6.45) is -1.76. The molecular weight excluding hydrogens is 537 g/mol. The SMILES string of the molecule is Cn1c(NC2C=CC=CC2C(F)(F)F)nc2cc(CNc3ccc(Br)cc3)c(OCC(F)F)nc21. The van der Waals surface area contributed by atoms with Crippen LogP contribution in [0.15, 0.2) is 59.1 Å². The lowest BCUT2D eigenvalue weighted by Crippen LogP contribution is -2.38. The summed E-state index contributed by atoms with van der Waals surface area (Å²) in [6, 6.07) is 7.92. The molecule has 2 aromatic heterocycles. The lowest BCUT2D eigenvalue weighted by atomic mass is 9.94. The summed E-state index contributed by atoms with van der Waals surface area (Å²) < 4.78 is 73.6. The molecule has 0 amide bonds. The molecule has 0 radical (unpaired) electrons. The van der Waals surface area contributed by atoms with Crippen molar-refractivity contribution < 1.29 is 26.7 Å². The molecule has 12 heteroatoms. The van der Waals surface area contributed by atoms with Crippen molar-refractivity contribution in [2.24, 2.45) is 13.0 Å². The van der Waals surface area contributed by atoms with E-state index < -0.39 is 31.2 Å². The Labute approximate surface area is 206 Å². The first-order valence-corrected chi connectivity index (χ1v) is 11.4. The van der Waals surface area contributed by atoms with E-state index in [0.29, 0.717) is 11.1 Å². The van der Waals surface area contributed by atoms with Crippen LogP contribution in [0.25, 0.3) is 11.2 Å². The second-order valence-corrected chi connectivity index (χ2v) is 8.78. The first kappa shape index (κ1) is 25.0. The standard InChI is InChI=1S/C23H21BrF5N5O/c1-34-20-18(32-22(34)31-17-5-3-2-4-16(17)23(27,28)29)10-13(21(33-20)35-12-19(25)26)11-30-15-8-6-14(24)7-9-15/h2-10,16-17,19,30H,11-12H2,1H3,(H,31,32). The lowest BCUT2D eigenvalue weighted by molar-refractivity contribution is -0.162. The molecule has 0 fully saturated rings. The van der Waals surface area contributed by atoms with Gasteiger partial charge in [-0.1, -0.05) is 40.2 Å². The van der Waals surface area contributed by atoms with E-state index in [1.54, 1.807) is 13.1 Å². The van der Waals surface area contributed by atoms with E-state index in [4.69, 9.17) is 4.74 Å². The summed E-state index contributed by atoms with van der Waals surface area (Å²) in [5.41, 5.74) is 1.92. The zero-order valence-electron chi connectivity index (χ0n) is 18.4. The predicted molar refractivity (Wildman–Crippen MR) is 127 cm³/mol. The number of benzene rings is 1. The average molecular weight is 558 g/mol. The van der Waals surface area contributed by atoms with Crippen LogP contribution in [0.1, 0.15) is 5.56 Å². The molecule has 2 atom stereocenters. The topological polar surface area (TPSA) is 64.0 Å². The molecule has 0 saturated heterocycles. The zero-order valence-corrected chi connectivity index (χ0v) is 19.9. The number of anilines is 2. The molecule has 6 nitrogen and oxygen atoms in total. The van der Waals surface area contributed by atoms with Gasteiger partial charge in [-0.2, -0.15) is 18.2 Å². The normalized spacial score (nSPS) is 17.8. The van der Waals surface area contributed by atoms with Crippen molar-refractivity contribution in [2.45, 2.75) is 25.2 Å². The number of halogens is 6. The third-order valence-electron chi connectivity index (χ3n) is 5.37. The van der Waals surface area contributed by atoms with Crippen LogP contribution in [0.4, 0.5) is 33.6 Å². The maximum Gasteiger partial charge on any atom is 0.397 e. The van der Waals surface area contributed by atoms with Crippen molar-refractivity contribution in [3.05, 3.63) is 64.7 Å². The van der Waals surface area contributed by atoms with Crippen molar-refractivity contribution in [3.8, 4) is 5.88 Å². The number of hydrogen-bond acceptors (Lipinski definition) is 5. The Bertz CT molecular complexity index is 1240. The van der Waals surface area contributed by atoms with E-state index in [2.05, 4.69) is 36.5 Å². The van der Waals surface area contributed by atoms with E-state index in [1.807, 2.05) is 24.3 Å². The number of fused-ring (bicyclic) bond motifs is 1. The molecule has 0 aliphatic heterocycles. The Kier molecular flexibility index (Phi) is 7.29. The quantitative estimate of drug-likeness (QED) is 0.329. The minimum Gasteiger partial charge on any atom is -0.471 e.